The Morgan fingerprint density at radius 2 is 1.68 bits per heavy atom. The van der Waals surface area contributed by atoms with Gasteiger partial charge in [0.05, 0.1) is 5.69 Å². The highest BCUT2D eigenvalue weighted by molar-refractivity contribution is 6.08. The molecule has 0 fully saturated rings. The highest BCUT2D eigenvalue weighted by Gasteiger charge is 2.10. The number of amidine groups is 2. The quantitative estimate of drug-likeness (QED) is 0.875. The molecule has 110 valence electrons. The minimum atomic E-state index is 0.726. The maximum atomic E-state index is 4.74. The van der Waals surface area contributed by atoms with Crippen molar-refractivity contribution in [3.05, 3.63) is 77.5 Å². The molecule has 1 heterocycles. The summed E-state index contributed by atoms with van der Waals surface area (Å²) in [5, 5.41) is 3.36. The van der Waals surface area contributed by atoms with Crippen LogP contribution < -0.4 is 5.32 Å². The van der Waals surface area contributed by atoms with E-state index in [0.717, 1.165) is 40.6 Å². The second-order valence-corrected chi connectivity index (χ2v) is 5.36. The Hall–Kier alpha value is -2.68. The molecule has 0 saturated carbocycles. The zero-order valence-electron chi connectivity index (χ0n) is 12.9. The molecule has 2 aromatic carbocycles. The van der Waals surface area contributed by atoms with Crippen LogP contribution in [0.2, 0.25) is 0 Å². The third-order valence-corrected chi connectivity index (χ3v) is 3.56. The summed E-state index contributed by atoms with van der Waals surface area (Å²) >= 11 is 0. The molecule has 3 rings (SSSR count). The summed E-state index contributed by atoms with van der Waals surface area (Å²) < 4.78 is 0. The Balaban J connectivity index is 2.02. The number of allylic oxidation sites excluding steroid dienone is 1. The minimum absolute atomic E-state index is 0.726. The first-order chi connectivity index (χ1) is 10.7. The van der Waals surface area contributed by atoms with Crippen molar-refractivity contribution in [2.75, 3.05) is 0 Å². The second-order valence-electron chi connectivity index (χ2n) is 5.36. The van der Waals surface area contributed by atoms with Crippen molar-refractivity contribution >= 4 is 17.4 Å². The van der Waals surface area contributed by atoms with Crippen LogP contribution in [-0.2, 0) is 0 Å². The van der Waals surface area contributed by atoms with E-state index < -0.39 is 0 Å². The van der Waals surface area contributed by atoms with Gasteiger partial charge in [0.25, 0.3) is 0 Å². The molecule has 0 unspecified atom stereocenters. The fourth-order valence-corrected chi connectivity index (χ4v) is 2.32. The first-order valence-electron chi connectivity index (χ1n) is 7.43. The standard InChI is InChI=1S/C19H19N3/c1-14-8-6-7-11-17(14)21-18-13-12-15(2)20-19(22-18)16-9-4-3-5-10-16/h3-12H,13H2,1-2H3,(H,20,21,22). The van der Waals surface area contributed by atoms with Gasteiger partial charge in [-0.3, -0.25) is 0 Å². The zero-order chi connectivity index (χ0) is 15.4. The summed E-state index contributed by atoms with van der Waals surface area (Å²) in [6.07, 6.45) is 2.85. The molecule has 0 spiro atoms. The van der Waals surface area contributed by atoms with Crippen LogP contribution in [0.15, 0.2) is 76.4 Å². The topological polar surface area (TPSA) is 36.8 Å². The van der Waals surface area contributed by atoms with Gasteiger partial charge < -0.3 is 5.32 Å². The number of rotatable bonds is 2. The van der Waals surface area contributed by atoms with Crippen LogP contribution in [0.1, 0.15) is 24.5 Å². The number of hydrogen-bond acceptors (Lipinski definition) is 2. The summed E-state index contributed by atoms with van der Waals surface area (Å²) in [5.74, 6) is 1.66. The highest BCUT2D eigenvalue weighted by Crippen LogP contribution is 2.19. The summed E-state index contributed by atoms with van der Waals surface area (Å²) in [7, 11) is 0. The zero-order valence-corrected chi connectivity index (χ0v) is 12.9. The van der Waals surface area contributed by atoms with Gasteiger partial charge in [0, 0.05) is 17.7 Å². The predicted molar refractivity (Wildman–Crippen MR) is 92.8 cm³/mol. The number of para-hydroxylation sites is 1. The average molecular weight is 289 g/mol. The van der Waals surface area contributed by atoms with Crippen LogP contribution in [0.5, 0.6) is 0 Å². The van der Waals surface area contributed by atoms with E-state index in [0.29, 0.717) is 0 Å². The van der Waals surface area contributed by atoms with Gasteiger partial charge in [-0.1, -0.05) is 54.6 Å². The van der Waals surface area contributed by atoms with E-state index in [-0.39, 0.29) is 0 Å². The molecule has 0 atom stereocenters. The fraction of sp³-hybridized carbons (Fsp3) is 0.158. The first kappa shape index (κ1) is 14.3. The van der Waals surface area contributed by atoms with Crippen LogP contribution in [-0.4, -0.2) is 11.7 Å². The Bertz CT molecular complexity index is 755. The van der Waals surface area contributed by atoms with E-state index in [1.54, 1.807) is 0 Å². The van der Waals surface area contributed by atoms with Crippen molar-refractivity contribution < 1.29 is 0 Å². The van der Waals surface area contributed by atoms with Crippen LogP contribution in [0.25, 0.3) is 0 Å². The SMILES string of the molecule is CC1=CCC(=Nc2ccccc2C)N=C(c2ccccc2)N1. The van der Waals surface area contributed by atoms with Crippen molar-refractivity contribution in [3.8, 4) is 0 Å². The highest BCUT2D eigenvalue weighted by atomic mass is 15.0. The van der Waals surface area contributed by atoms with Crippen molar-refractivity contribution in [1.82, 2.24) is 5.32 Å². The van der Waals surface area contributed by atoms with Gasteiger partial charge in [-0.25, -0.2) is 9.98 Å². The van der Waals surface area contributed by atoms with E-state index in [4.69, 9.17) is 9.98 Å². The maximum absolute atomic E-state index is 4.74. The molecule has 22 heavy (non-hydrogen) atoms. The number of hydrogen-bond donors (Lipinski definition) is 1. The van der Waals surface area contributed by atoms with E-state index in [1.165, 1.54) is 0 Å². The number of nitrogens with zero attached hydrogens (tertiary/aromatic N) is 2. The molecule has 0 aliphatic carbocycles. The normalized spacial score (nSPS) is 16.5. The fourth-order valence-electron chi connectivity index (χ4n) is 2.32. The molecule has 0 radical (unpaired) electrons. The number of nitrogens with one attached hydrogen (secondary N) is 1. The molecule has 0 bridgehead atoms. The molecule has 1 aliphatic heterocycles. The molecule has 0 aromatic heterocycles. The van der Waals surface area contributed by atoms with Gasteiger partial charge in [-0.05, 0) is 25.5 Å². The smallest absolute Gasteiger partial charge is 0.139 e. The Kier molecular flexibility index (Phi) is 4.15. The van der Waals surface area contributed by atoms with Crippen LogP contribution in [0.3, 0.4) is 0 Å². The van der Waals surface area contributed by atoms with E-state index in [1.807, 2.05) is 36.4 Å². The van der Waals surface area contributed by atoms with Crippen molar-refractivity contribution in [3.63, 3.8) is 0 Å². The Morgan fingerprint density at radius 1 is 0.955 bits per heavy atom. The molecule has 2 aromatic rings. The molecular formula is C19H19N3. The van der Waals surface area contributed by atoms with Gasteiger partial charge >= 0.3 is 0 Å². The van der Waals surface area contributed by atoms with Gasteiger partial charge in [0.2, 0.25) is 0 Å². The van der Waals surface area contributed by atoms with Crippen molar-refractivity contribution in [1.29, 1.82) is 0 Å². The van der Waals surface area contributed by atoms with E-state index >= 15 is 0 Å². The lowest BCUT2D eigenvalue weighted by Crippen LogP contribution is -2.22. The van der Waals surface area contributed by atoms with Crippen LogP contribution >= 0.6 is 0 Å². The second kappa shape index (κ2) is 6.39. The molecule has 0 amide bonds. The monoisotopic (exact) mass is 289 g/mol. The maximum Gasteiger partial charge on any atom is 0.139 e. The van der Waals surface area contributed by atoms with Crippen LogP contribution in [0.4, 0.5) is 5.69 Å². The largest absolute Gasteiger partial charge is 0.344 e. The van der Waals surface area contributed by atoms with Crippen molar-refractivity contribution in [2.24, 2.45) is 9.98 Å². The Labute approximate surface area is 131 Å². The Morgan fingerprint density at radius 3 is 2.45 bits per heavy atom. The molecule has 1 N–H and O–H groups in total. The number of aliphatic imine (C=N–C) groups is 2. The van der Waals surface area contributed by atoms with E-state index in [2.05, 4.69) is 43.4 Å². The predicted octanol–water partition coefficient (Wildman–Crippen LogP) is 4.37. The molecular weight excluding hydrogens is 270 g/mol. The minimum Gasteiger partial charge on any atom is -0.344 e. The molecule has 1 aliphatic rings. The molecule has 3 nitrogen and oxygen atoms in total. The van der Waals surface area contributed by atoms with Gasteiger partial charge in [-0.2, -0.15) is 0 Å². The lowest BCUT2D eigenvalue weighted by molar-refractivity contribution is 1.11. The van der Waals surface area contributed by atoms with Gasteiger partial charge in [0.1, 0.15) is 11.7 Å². The van der Waals surface area contributed by atoms with Crippen LogP contribution in [0, 0.1) is 6.92 Å². The summed E-state index contributed by atoms with van der Waals surface area (Å²) in [6, 6.07) is 18.3. The summed E-state index contributed by atoms with van der Waals surface area (Å²) in [5.41, 5.74) is 4.29. The van der Waals surface area contributed by atoms with Crippen molar-refractivity contribution in [2.45, 2.75) is 20.3 Å². The molecule has 3 heteroatoms. The number of aryl methyl sites for hydroxylation is 1. The first-order valence-corrected chi connectivity index (χ1v) is 7.43. The molecule has 0 saturated heterocycles. The third-order valence-electron chi connectivity index (χ3n) is 3.56. The summed E-state index contributed by atoms with van der Waals surface area (Å²) in [4.78, 5) is 9.47. The van der Waals surface area contributed by atoms with E-state index in [9.17, 15) is 0 Å². The lowest BCUT2D eigenvalue weighted by atomic mass is 10.2. The van der Waals surface area contributed by atoms with Gasteiger partial charge in [-0.15, -0.1) is 0 Å². The third kappa shape index (κ3) is 3.31. The number of benzene rings is 2. The summed E-state index contributed by atoms with van der Waals surface area (Å²) in [6.45, 7) is 4.12. The van der Waals surface area contributed by atoms with Gasteiger partial charge in [0.15, 0.2) is 0 Å². The lowest BCUT2D eigenvalue weighted by Gasteiger charge is -2.08. The average Bonchev–Trinajstić information content (AvgIpc) is 2.72.